The van der Waals surface area contributed by atoms with Crippen molar-refractivity contribution in [1.29, 1.82) is 0 Å². The Labute approximate surface area is 101 Å². The predicted molar refractivity (Wildman–Crippen MR) is 61.2 cm³/mol. The Kier molecular flexibility index (Phi) is 3.09. The van der Waals surface area contributed by atoms with E-state index >= 15 is 0 Å². The van der Waals surface area contributed by atoms with Gasteiger partial charge in [-0.15, -0.1) is 5.10 Å². The number of ether oxygens (including phenoxy) is 1. The van der Waals surface area contributed by atoms with E-state index in [0.29, 0.717) is 20.9 Å². The summed E-state index contributed by atoms with van der Waals surface area (Å²) in [5.74, 6) is 0.440. The third-order valence-electron chi connectivity index (χ3n) is 1.72. The SMILES string of the molecule is Cc1nnsc1Oc1c(Cl)cccc1Cl. The largest absolute Gasteiger partial charge is 0.440 e. The van der Waals surface area contributed by atoms with Crippen molar-refractivity contribution in [3.8, 4) is 10.8 Å². The molecule has 0 aliphatic rings. The highest BCUT2D eigenvalue weighted by atomic mass is 35.5. The third kappa shape index (κ3) is 2.22. The number of hydrogen-bond acceptors (Lipinski definition) is 4. The lowest BCUT2D eigenvalue weighted by Gasteiger charge is -2.06. The van der Waals surface area contributed by atoms with Gasteiger partial charge in [-0.05, 0) is 19.1 Å². The molecule has 0 radical (unpaired) electrons. The fourth-order valence-corrected chi connectivity index (χ4v) is 2.00. The van der Waals surface area contributed by atoms with Crippen molar-refractivity contribution in [2.45, 2.75) is 6.92 Å². The summed E-state index contributed by atoms with van der Waals surface area (Å²) in [6.07, 6.45) is 0. The van der Waals surface area contributed by atoms with Crippen molar-refractivity contribution in [3.63, 3.8) is 0 Å². The fraction of sp³-hybridized carbons (Fsp3) is 0.111. The molecule has 0 N–H and O–H groups in total. The minimum atomic E-state index is 0.440. The highest BCUT2D eigenvalue weighted by Gasteiger charge is 2.11. The number of benzene rings is 1. The highest BCUT2D eigenvalue weighted by Crippen LogP contribution is 2.37. The van der Waals surface area contributed by atoms with E-state index in [1.54, 1.807) is 18.2 Å². The molecule has 0 aliphatic heterocycles. The van der Waals surface area contributed by atoms with Crippen LogP contribution in [0.1, 0.15) is 5.69 Å². The molecule has 2 aromatic rings. The number of aryl methyl sites for hydroxylation is 1. The summed E-state index contributed by atoms with van der Waals surface area (Å²) >= 11 is 13.1. The van der Waals surface area contributed by atoms with Crippen LogP contribution in [0.4, 0.5) is 0 Å². The second-order valence-corrected chi connectivity index (χ2v) is 4.33. The van der Waals surface area contributed by atoms with E-state index in [0.717, 1.165) is 17.2 Å². The molecule has 0 bridgehead atoms. The monoisotopic (exact) mass is 260 g/mol. The molecule has 1 heterocycles. The molecule has 3 nitrogen and oxygen atoms in total. The zero-order valence-corrected chi connectivity index (χ0v) is 10.0. The molecular formula is C9H6Cl2N2OS. The van der Waals surface area contributed by atoms with E-state index in [1.165, 1.54) is 0 Å². The van der Waals surface area contributed by atoms with Crippen LogP contribution in [0.25, 0.3) is 0 Å². The number of halogens is 2. The summed E-state index contributed by atoms with van der Waals surface area (Å²) in [5, 5.41) is 5.37. The van der Waals surface area contributed by atoms with Crippen LogP contribution in [0.2, 0.25) is 10.0 Å². The molecule has 15 heavy (non-hydrogen) atoms. The maximum absolute atomic E-state index is 5.95. The minimum absolute atomic E-state index is 0.440. The standard InChI is InChI=1S/C9H6Cl2N2OS/c1-5-9(15-13-12-5)14-8-6(10)3-2-4-7(8)11/h2-4H,1H3. The molecule has 1 aromatic heterocycles. The number of para-hydroxylation sites is 1. The normalized spacial score (nSPS) is 10.3. The molecule has 2 rings (SSSR count). The summed E-state index contributed by atoms with van der Waals surface area (Å²) in [6.45, 7) is 1.81. The first kappa shape index (κ1) is 10.7. The average Bonchev–Trinajstić information content (AvgIpc) is 2.58. The fourth-order valence-electron chi connectivity index (χ4n) is 0.991. The van der Waals surface area contributed by atoms with Gasteiger partial charge in [0.15, 0.2) is 5.75 Å². The number of hydrogen-bond donors (Lipinski definition) is 0. The van der Waals surface area contributed by atoms with Crippen molar-refractivity contribution < 1.29 is 4.74 Å². The van der Waals surface area contributed by atoms with Gasteiger partial charge in [-0.25, -0.2) is 0 Å². The smallest absolute Gasteiger partial charge is 0.223 e. The summed E-state index contributed by atoms with van der Waals surface area (Å²) in [5.41, 5.74) is 0.719. The molecule has 78 valence electrons. The Morgan fingerprint density at radius 3 is 2.47 bits per heavy atom. The van der Waals surface area contributed by atoms with Gasteiger partial charge in [0.1, 0.15) is 5.69 Å². The maximum atomic E-state index is 5.95. The van der Waals surface area contributed by atoms with Crippen LogP contribution in [0, 0.1) is 6.92 Å². The van der Waals surface area contributed by atoms with Gasteiger partial charge in [-0.2, -0.15) is 0 Å². The second kappa shape index (κ2) is 4.35. The van der Waals surface area contributed by atoms with Crippen LogP contribution in [-0.4, -0.2) is 9.59 Å². The number of rotatable bonds is 2. The molecular weight excluding hydrogens is 255 g/mol. The van der Waals surface area contributed by atoms with Gasteiger partial charge in [-0.3, -0.25) is 0 Å². The molecule has 6 heteroatoms. The van der Waals surface area contributed by atoms with E-state index in [9.17, 15) is 0 Å². The number of nitrogens with zero attached hydrogens (tertiary/aromatic N) is 2. The van der Waals surface area contributed by atoms with Gasteiger partial charge in [0.05, 0.1) is 10.0 Å². The Morgan fingerprint density at radius 2 is 1.93 bits per heavy atom. The molecule has 0 fully saturated rings. The Bertz CT molecular complexity index is 466. The van der Waals surface area contributed by atoms with Gasteiger partial charge in [0, 0.05) is 11.5 Å². The quantitative estimate of drug-likeness (QED) is 0.821. The molecule has 0 amide bonds. The summed E-state index contributed by atoms with van der Waals surface area (Å²) in [4.78, 5) is 0. The van der Waals surface area contributed by atoms with E-state index in [1.807, 2.05) is 6.92 Å². The van der Waals surface area contributed by atoms with Gasteiger partial charge in [-0.1, -0.05) is 33.8 Å². The molecule has 0 aliphatic carbocycles. The maximum Gasteiger partial charge on any atom is 0.223 e. The third-order valence-corrected chi connectivity index (χ3v) is 3.03. The van der Waals surface area contributed by atoms with Crippen molar-refractivity contribution in [2.75, 3.05) is 0 Å². The zero-order chi connectivity index (χ0) is 10.8. The summed E-state index contributed by atoms with van der Waals surface area (Å²) in [6, 6.07) is 5.19. The van der Waals surface area contributed by atoms with Crippen LogP contribution >= 0.6 is 34.7 Å². The van der Waals surface area contributed by atoms with Crippen LogP contribution in [-0.2, 0) is 0 Å². The van der Waals surface area contributed by atoms with E-state index in [-0.39, 0.29) is 0 Å². The van der Waals surface area contributed by atoms with Gasteiger partial charge in [0.2, 0.25) is 5.06 Å². The highest BCUT2D eigenvalue weighted by molar-refractivity contribution is 7.07. The predicted octanol–water partition coefficient (Wildman–Crippen LogP) is 3.95. The molecule has 0 atom stereocenters. The Balaban J connectivity index is 2.36. The Morgan fingerprint density at radius 1 is 1.27 bits per heavy atom. The van der Waals surface area contributed by atoms with Gasteiger partial charge in [0.25, 0.3) is 0 Å². The van der Waals surface area contributed by atoms with Gasteiger partial charge >= 0.3 is 0 Å². The van der Waals surface area contributed by atoms with Crippen LogP contribution < -0.4 is 4.74 Å². The van der Waals surface area contributed by atoms with Crippen molar-refractivity contribution in [3.05, 3.63) is 33.9 Å². The lowest BCUT2D eigenvalue weighted by Crippen LogP contribution is -1.86. The molecule has 1 aromatic carbocycles. The first-order valence-corrected chi connectivity index (χ1v) is 5.62. The molecule has 0 unspecified atom stereocenters. The van der Waals surface area contributed by atoms with Crippen LogP contribution in [0.3, 0.4) is 0 Å². The van der Waals surface area contributed by atoms with Crippen LogP contribution in [0.15, 0.2) is 18.2 Å². The topological polar surface area (TPSA) is 35.0 Å². The Hall–Kier alpha value is -0.840. The molecule has 0 spiro atoms. The zero-order valence-electron chi connectivity index (χ0n) is 7.70. The average molecular weight is 261 g/mol. The minimum Gasteiger partial charge on any atom is -0.440 e. The first-order chi connectivity index (χ1) is 7.18. The van der Waals surface area contributed by atoms with Crippen LogP contribution in [0.5, 0.6) is 10.8 Å². The lowest BCUT2D eigenvalue weighted by molar-refractivity contribution is 0.491. The van der Waals surface area contributed by atoms with Crippen molar-refractivity contribution in [2.24, 2.45) is 0 Å². The van der Waals surface area contributed by atoms with Crippen molar-refractivity contribution >= 4 is 34.7 Å². The second-order valence-electron chi connectivity index (χ2n) is 2.80. The van der Waals surface area contributed by atoms with E-state index in [2.05, 4.69) is 9.59 Å². The summed E-state index contributed by atoms with van der Waals surface area (Å²) < 4.78 is 9.30. The molecule has 0 saturated heterocycles. The lowest BCUT2D eigenvalue weighted by atomic mass is 10.3. The van der Waals surface area contributed by atoms with Gasteiger partial charge < -0.3 is 4.74 Å². The summed E-state index contributed by atoms with van der Waals surface area (Å²) in [7, 11) is 0. The van der Waals surface area contributed by atoms with Crippen molar-refractivity contribution in [1.82, 2.24) is 9.59 Å². The molecule has 0 saturated carbocycles. The van der Waals surface area contributed by atoms with E-state index in [4.69, 9.17) is 27.9 Å². The van der Waals surface area contributed by atoms with E-state index < -0.39 is 0 Å². The first-order valence-electron chi connectivity index (χ1n) is 4.09. The number of aromatic nitrogens is 2.